The summed E-state index contributed by atoms with van der Waals surface area (Å²) in [6, 6.07) is 13.5. The van der Waals surface area contributed by atoms with Crippen LogP contribution in [0.3, 0.4) is 0 Å². The van der Waals surface area contributed by atoms with E-state index in [1.54, 1.807) is 18.2 Å². The zero-order valence-electron chi connectivity index (χ0n) is 10.3. The predicted molar refractivity (Wildman–Crippen MR) is 69.6 cm³/mol. The quantitative estimate of drug-likeness (QED) is 0.813. The van der Waals surface area contributed by atoms with E-state index >= 15 is 0 Å². The Morgan fingerprint density at radius 1 is 1.11 bits per heavy atom. The molecule has 0 heterocycles. The third kappa shape index (κ3) is 2.58. The normalized spacial score (nSPS) is 13.9. The molecule has 0 unspecified atom stereocenters. The van der Waals surface area contributed by atoms with Crippen molar-refractivity contribution in [3.63, 3.8) is 0 Å². The summed E-state index contributed by atoms with van der Waals surface area (Å²) in [5.74, 6) is 1.57. The molecule has 0 N–H and O–H groups in total. The molecular formula is C16H12FNO. The molecule has 3 rings (SSSR count). The van der Waals surface area contributed by atoms with E-state index in [4.69, 9.17) is 10.00 Å². The fraction of sp³-hybridized carbons (Fsp3) is 0.188. The standard InChI is InChI=1S/C16H12FNO/c17-13-4-6-14(7-5-13)19-16-8-1-11(10-18)9-15(16)12-2-3-12/h1,4-9,12H,2-3H2. The number of hydrogen-bond acceptors (Lipinski definition) is 2. The van der Waals surface area contributed by atoms with Crippen molar-refractivity contribution in [2.75, 3.05) is 0 Å². The summed E-state index contributed by atoms with van der Waals surface area (Å²) in [7, 11) is 0. The minimum atomic E-state index is -0.283. The Morgan fingerprint density at radius 3 is 2.47 bits per heavy atom. The molecule has 2 aromatic rings. The Labute approximate surface area is 111 Å². The van der Waals surface area contributed by atoms with Crippen molar-refractivity contribution >= 4 is 0 Å². The van der Waals surface area contributed by atoms with Crippen LogP contribution in [0.1, 0.15) is 29.9 Å². The molecule has 0 bridgehead atoms. The second kappa shape index (κ2) is 4.74. The van der Waals surface area contributed by atoms with Gasteiger partial charge in [0, 0.05) is 0 Å². The van der Waals surface area contributed by atoms with Gasteiger partial charge >= 0.3 is 0 Å². The van der Waals surface area contributed by atoms with Crippen molar-refractivity contribution in [3.05, 3.63) is 59.4 Å². The first kappa shape index (κ1) is 11.7. The Bertz CT molecular complexity index is 639. The lowest BCUT2D eigenvalue weighted by Crippen LogP contribution is -1.91. The molecule has 1 aliphatic rings. The molecule has 2 aromatic carbocycles. The van der Waals surface area contributed by atoms with Crippen LogP contribution in [0, 0.1) is 17.1 Å². The van der Waals surface area contributed by atoms with Crippen molar-refractivity contribution in [2.24, 2.45) is 0 Å². The molecule has 1 saturated carbocycles. The number of hydrogen-bond donors (Lipinski definition) is 0. The van der Waals surface area contributed by atoms with Crippen LogP contribution in [-0.4, -0.2) is 0 Å². The van der Waals surface area contributed by atoms with Gasteiger partial charge in [0.2, 0.25) is 0 Å². The predicted octanol–water partition coefficient (Wildman–Crippen LogP) is 4.37. The molecule has 1 aliphatic carbocycles. The molecule has 94 valence electrons. The fourth-order valence-corrected chi connectivity index (χ4v) is 2.05. The SMILES string of the molecule is N#Cc1ccc(Oc2ccc(F)cc2)c(C2CC2)c1. The number of rotatable bonds is 3. The molecular weight excluding hydrogens is 241 g/mol. The summed E-state index contributed by atoms with van der Waals surface area (Å²) in [4.78, 5) is 0. The van der Waals surface area contributed by atoms with Gasteiger partial charge in [0.15, 0.2) is 0 Å². The molecule has 0 radical (unpaired) electrons. The largest absolute Gasteiger partial charge is 0.457 e. The Balaban J connectivity index is 1.92. The maximum Gasteiger partial charge on any atom is 0.130 e. The second-order valence-electron chi connectivity index (χ2n) is 4.69. The first-order valence-electron chi connectivity index (χ1n) is 6.24. The molecule has 0 saturated heterocycles. The highest BCUT2D eigenvalue weighted by molar-refractivity contribution is 5.47. The average molecular weight is 253 g/mol. The molecule has 3 heteroatoms. The highest BCUT2D eigenvalue weighted by Crippen LogP contribution is 2.45. The maximum atomic E-state index is 12.9. The van der Waals surface area contributed by atoms with Gasteiger partial charge in [-0.15, -0.1) is 0 Å². The fourth-order valence-electron chi connectivity index (χ4n) is 2.05. The number of benzene rings is 2. The minimum Gasteiger partial charge on any atom is -0.457 e. The molecule has 0 amide bonds. The molecule has 19 heavy (non-hydrogen) atoms. The topological polar surface area (TPSA) is 33.0 Å². The van der Waals surface area contributed by atoms with E-state index in [9.17, 15) is 4.39 Å². The second-order valence-corrected chi connectivity index (χ2v) is 4.69. The van der Waals surface area contributed by atoms with E-state index in [-0.39, 0.29) is 5.82 Å². The molecule has 0 aliphatic heterocycles. The summed E-state index contributed by atoms with van der Waals surface area (Å²) in [6.45, 7) is 0. The molecule has 0 aromatic heterocycles. The van der Waals surface area contributed by atoms with Gasteiger partial charge in [0.1, 0.15) is 17.3 Å². The first-order valence-corrected chi connectivity index (χ1v) is 6.24. The van der Waals surface area contributed by atoms with Gasteiger partial charge in [-0.2, -0.15) is 5.26 Å². The van der Waals surface area contributed by atoms with Crippen LogP contribution in [0.25, 0.3) is 0 Å². The number of ether oxygens (including phenoxy) is 1. The van der Waals surface area contributed by atoms with E-state index in [0.29, 0.717) is 17.2 Å². The summed E-state index contributed by atoms with van der Waals surface area (Å²) in [5.41, 5.74) is 1.72. The van der Waals surface area contributed by atoms with Crippen LogP contribution in [-0.2, 0) is 0 Å². The van der Waals surface area contributed by atoms with E-state index in [1.807, 2.05) is 12.1 Å². The molecule has 0 spiro atoms. The van der Waals surface area contributed by atoms with Gasteiger partial charge in [0.25, 0.3) is 0 Å². The van der Waals surface area contributed by atoms with Crippen LogP contribution in [0.5, 0.6) is 11.5 Å². The van der Waals surface area contributed by atoms with E-state index in [0.717, 1.165) is 24.2 Å². The summed E-state index contributed by atoms with van der Waals surface area (Å²) >= 11 is 0. The van der Waals surface area contributed by atoms with Crippen LogP contribution in [0.2, 0.25) is 0 Å². The van der Waals surface area contributed by atoms with Gasteiger partial charge in [-0.3, -0.25) is 0 Å². The Kier molecular flexibility index (Phi) is 2.92. The van der Waals surface area contributed by atoms with Crippen molar-refractivity contribution in [1.82, 2.24) is 0 Å². The average Bonchev–Trinajstić information content (AvgIpc) is 3.26. The zero-order chi connectivity index (χ0) is 13.2. The smallest absolute Gasteiger partial charge is 0.130 e. The first-order chi connectivity index (χ1) is 9.26. The van der Waals surface area contributed by atoms with Crippen LogP contribution < -0.4 is 4.74 Å². The minimum absolute atomic E-state index is 0.283. The third-order valence-electron chi connectivity index (χ3n) is 3.20. The lowest BCUT2D eigenvalue weighted by Gasteiger charge is -2.11. The zero-order valence-corrected chi connectivity index (χ0v) is 10.3. The van der Waals surface area contributed by atoms with E-state index in [2.05, 4.69) is 6.07 Å². The third-order valence-corrected chi connectivity index (χ3v) is 3.20. The van der Waals surface area contributed by atoms with Gasteiger partial charge in [-0.25, -0.2) is 4.39 Å². The van der Waals surface area contributed by atoms with Crippen LogP contribution in [0.4, 0.5) is 4.39 Å². The number of halogens is 1. The van der Waals surface area contributed by atoms with Crippen molar-refractivity contribution in [3.8, 4) is 17.6 Å². The van der Waals surface area contributed by atoms with Gasteiger partial charge < -0.3 is 4.74 Å². The van der Waals surface area contributed by atoms with E-state index < -0.39 is 0 Å². The van der Waals surface area contributed by atoms with E-state index in [1.165, 1.54) is 12.1 Å². The lowest BCUT2D eigenvalue weighted by atomic mass is 10.1. The lowest BCUT2D eigenvalue weighted by molar-refractivity contribution is 0.474. The Hall–Kier alpha value is -2.34. The maximum absolute atomic E-state index is 12.9. The van der Waals surface area contributed by atoms with Gasteiger partial charge in [-0.1, -0.05) is 0 Å². The summed E-state index contributed by atoms with van der Waals surface area (Å²) in [6.07, 6.45) is 2.27. The van der Waals surface area contributed by atoms with Crippen LogP contribution >= 0.6 is 0 Å². The monoisotopic (exact) mass is 253 g/mol. The summed E-state index contributed by atoms with van der Waals surface area (Å²) < 4.78 is 18.6. The molecule has 0 atom stereocenters. The van der Waals surface area contributed by atoms with Crippen LogP contribution in [0.15, 0.2) is 42.5 Å². The highest BCUT2D eigenvalue weighted by Gasteiger charge is 2.27. The van der Waals surface area contributed by atoms with Gasteiger partial charge in [0.05, 0.1) is 11.6 Å². The van der Waals surface area contributed by atoms with Gasteiger partial charge in [-0.05, 0) is 66.8 Å². The molecule has 1 fully saturated rings. The van der Waals surface area contributed by atoms with Crippen molar-refractivity contribution < 1.29 is 9.13 Å². The van der Waals surface area contributed by atoms with Crippen molar-refractivity contribution in [2.45, 2.75) is 18.8 Å². The Morgan fingerprint density at radius 2 is 1.84 bits per heavy atom. The number of nitrogens with zero attached hydrogens (tertiary/aromatic N) is 1. The summed E-state index contributed by atoms with van der Waals surface area (Å²) in [5, 5.41) is 8.94. The highest BCUT2D eigenvalue weighted by atomic mass is 19.1. The molecule has 2 nitrogen and oxygen atoms in total. The van der Waals surface area contributed by atoms with Crippen molar-refractivity contribution in [1.29, 1.82) is 5.26 Å². The number of nitriles is 1.